The number of hydrogen-bond donors (Lipinski definition) is 0. The number of nitrogens with zero attached hydrogens (tertiary/aromatic N) is 1. The number of amides is 1. The van der Waals surface area contributed by atoms with Crippen molar-refractivity contribution < 1.29 is 32.9 Å². The Balaban J connectivity index is 2.20. The van der Waals surface area contributed by atoms with Crippen LogP contribution in [0.25, 0.3) is 6.08 Å². The molecule has 0 spiro atoms. The molecule has 162 valence electrons. The van der Waals surface area contributed by atoms with Gasteiger partial charge in [-0.2, -0.15) is 0 Å². The molecule has 0 radical (unpaired) electrons. The molecule has 0 saturated heterocycles. The molecule has 8 heteroatoms. The molecule has 0 aromatic heterocycles. The molecule has 0 bridgehead atoms. The second kappa shape index (κ2) is 8.91. The van der Waals surface area contributed by atoms with Crippen molar-refractivity contribution in [2.75, 3.05) is 33.3 Å². The SMILES string of the molecule is COC(=O)C1=C(C)N(c2ccc(F)cc2)C(=O)/C1=C\c1ccc(OC)c(OC)c1OC. The fourth-order valence-corrected chi connectivity index (χ4v) is 3.47. The van der Waals surface area contributed by atoms with Crippen LogP contribution in [0.15, 0.2) is 53.2 Å². The zero-order valence-electron chi connectivity index (χ0n) is 17.8. The van der Waals surface area contributed by atoms with Crippen molar-refractivity contribution in [2.45, 2.75) is 6.92 Å². The lowest BCUT2D eigenvalue weighted by Gasteiger charge is -2.18. The smallest absolute Gasteiger partial charge is 0.340 e. The third-order valence-electron chi connectivity index (χ3n) is 4.91. The largest absolute Gasteiger partial charge is 0.493 e. The summed E-state index contributed by atoms with van der Waals surface area (Å²) in [4.78, 5) is 27.2. The van der Waals surface area contributed by atoms with E-state index in [1.165, 1.54) is 63.7 Å². The van der Waals surface area contributed by atoms with Gasteiger partial charge in [-0.05, 0) is 49.4 Å². The summed E-state index contributed by atoms with van der Waals surface area (Å²) >= 11 is 0. The van der Waals surface area contributed by atoms with Crippen molar-refractivity contribution in [1.82, 2.24) is 0 Å². The highest BCUT2D eigenvalue weighted by molar-refractivity contribution is 6.24. The van der Waals surface area contributed by atoms with E-state index in [1.54, 1.807) is 19.1 Å². The van der Waals surface area contributed by atoms with Crippen molar-refractivity contribution >= 4 is 23.6 Å². The van der Waals surface area contributed by atoms with Gasteiger partial charge in [0.15, 0.2) is 11.5 Å². The summed E-state index contributed by atoms with van der Waals surface area (Å²) in [5, 5.41) is 0. The lowest BCUT2D eigenvalue weighted by molar-refractivity contribution is -0.136. The molecule has 0 saturated carbocycles. The minimum absolute atomic E-state index is 0.105. The molecule has 0 atom stereocenters. The average molecular weight is 427 g/mol. The van der Waals surface area contributed by atoms with Crippen LogP contribution in [0.1, 0.15) is 12.5 Å². The Hall–Kier alpha value is -3.81. The van der Waals surface area contributed by atoms with Gasteiger partial charge in [-0.25, -0.2) is 9.18 Å². The summed E-state index contributed by atoms with van der Waals surface area (Å²) in [6, 6.07) is 8.77. The van der Waals surface area contributed by atoms with Gasteiger partial charge in [0.2, 0.25) is 5.75 Å². The summed E-state index contributed by atoms with van der Waals surface area (Å²) in [5.74, 6) is -0.421. The molecule has 0 unspecified atom stereocenters. The second-order valence-corrected chi connectivity index (χ2v) is 6.55. The minimum atomic E-state index is -0.666. The quantitative estimate of drug-likeness (QED) is 0.517. The summed E-state index contributed by atoms with van der Waals surface area (Å²) in [7, 11) is 5.67. The Morgan fingerprint density at radius 2 is 1.58 bits per heavy atom. The molecular formula is C23H22FNO6. The van der Waals surface area contributed by atoms with E-state index in [-0.39, 0.29) is 11.1 Å². The fourth-order valence-electron chi connectivity index (χ4n) is 3.47. The van der Waals surface area contributed by atoms with Crippen LogP contribution in [0.2, 0.25) is 0 Å². The third-order valence-corrected chi connectivity index (χ3v) is 4.91. The van der Waals surface area contributed by atoms with E-state index in [9.17, 15) is 14.0 Å². The summed E-state index contributed by atoms with van der Waals surface area (Å²) in [6.07, 6.45) is 1.53. The van der Waals surface area contributed by atoms with Gasteiger partial charge in [0.1, 0.15) is 5.82 Å². The minimum Gasteiger partial charge on any atom is -0.493 e. The topological polar surface area (TPSA) is 74.3 Å². The van der Waals surface area contributed by atoms with E-state index in [4.69, 9.17) is 18.9 Å². The van der Waals surface area contributed by atoms with Gasteiger partial charge in [-0.3, -0.25) is 9.69 Å². The lowest BCUT2D eigenvalue weighted by Crippen LogP contribution is -2.24. The van der Waals surface area contributed by atoms with Crippen LogP contribution in [-0.4, -0.2) is 40.3 Å². The number of esters is 1. The predicted octanol–water partition coefficient (Wildman–Crippen LogP) is 3.73. The maximum absolute atomic E-state index is 13.4. The van der Waals surface area contributed by atoms with E-state index in [0.29, 0.717) is 34.2 Å². The van der Waals surface area contributed by atoms with Gasteiger partial charge >= 0.3 is 5.97 Å². The van der Waals surface area contributed by atoms with E-state index in [0.717, 1.165) is 0 Å². The van der Waals surface area contributed by atoms with E-state index in [1.807, 2.05) is 0 Å². The lowest BCUT2D eigenvalue weighted by atomic mass is 10.0. The molecule has 0 aliphatic carbocycles. The Labute approximate surface area is 179 Å². The molecule has 1 heterocycles. The van der Waals surface area contributed by atoms with Crippen molar-refractivity contribution in [3.05, 3.63) is 64.6 Å². The normalized spacial score (nSPS) is 14.8. The van der Waals surface area contributed by atoms with Gasteiger partial charge in [-0.1, -0.05) is 0 Å². The fraction of sp³-hybridized carbons (Fsp3) is 0.217. The molecule has 1 amide bonds. The first-order valence-electron chi connectivity index (χ1n) is 9.28. The summed E-state index contributed by atoms with van der Waals surface area (Å²) in [6.45, 7) is 1.63. The first kappa shape index (κ1) is 21.9. The monoisotopic (exact) mass is 427 g/mol. The Kier molecular flexibility index (Phi) is 6.29. The van der Waals surface area contributed by atoms with Gasteiger partial charge < -0.3 is 18.9 Å². The molecular weight excluding hydrogens is 405 g/mol. The molecule has 1 aliphatic rings. The number of methoxy groups -OCH3 is 4. The number of carbonyl (C=O) groups excluding carboxylic acids is 2. The highest BCUT2D eigenvalue weighted by Gasteiger charge is 2.38. The maximum Gasteiger partial charge on any atom is 0.340 e. The molecule has 3 rings (SSSR count). The summed E-state index contributed by atoms with van der Waals surface area (Å²) < 4.78 is 34.4. The number of benzene rings is 2. The molecule has 0 N–H and O–H groups in total. The number of carbonyl (C=O) groups is 2. The van der Waals surface area contributed by atoms with Crippen LogP contribution in [0.4, 0.5) is 10.1 Å². The zero-order valence-corrected chi connectivity index (χ0v) is 17.8. The third kappa shape index (κ3) is 3.84. The number of halogens is 1. The maximum atomic E-state index is 13.4. The van der Waals surface area contributed by atoms with Crippen LogP contribution in [-0.2, 0) is 14.3 Å². The van der Waals surface area contributed by atoms with Crippen LogP contribution in [0.5, 0.6) is 17.2 Å². The standard InChI is InChI=1S/C23H22FNO6/c1-13-19(23(27)31-5)17(22(26)25(13)16-9-7-15(24)8-10-16)12-14-6-11-18(28-2)21(30-4)20(14)29-3/h6-12H,1-5H3/b17-12-. The van der Waals surface area contributed by atoms with E-state index in [2.05, 4.69) is 0 Å². The Bertz CT molecular complexity index is 1090. The van der Waals surface area contributed by atoms with E-state index < -0.39 is 17.7 Å². The van der Waals surface area contributed by atoms with Gasteiger partial charge in [0.05, 0.1) is 39.6 Å². The van der Waals surface area contributed by atoms with Crippen LogP contribution in [0.3, 0.4) is 0 Å². The van der Waals surface area contributed by atoms with Gasteiger partial charge in [0, 0.05) is 16.9 Å². The highest BCUT2D eigenvalue weighted by Crippen LogP contribution is 2.42. The van der Waals surface area contributed by atoms with Crippen molar-refractivity contribution in [2.24, 2.45) is 0 Å². The highest BCUT2D eigenvalue weighted by atomic mass is 19.1. The molecule has 0 fully saturated rings. The first-order chi connectivity index (χ1) is 14.9. The molecule has 2 aromatic rings. The Morgan fingerprint density at radius 1 is 0.935 bits per heavy atom. The molecule has 2 aromatic carbocycles. The van der Waals surface area contributed by atoms with Gasteiger partial charge in [0.25, 0.3) is 5.91 Å². The van der Waals surface area contributed by atoms with Crippen molar-refractivity contribution in [3.63, 3.8) is 0 Å². The van der Waals surface area contributed by atoms with Crippen molar-refractivity contribution in [1.29, 1.82) is 0 Å². The van der Waals surface area contributed by atoms with Gasteiger partial charge in [-0.15, -0.1) is 0 Å². The second-order valence-electron chi connectivity index (χ2n) is 6.55. The predicted molar refractivity (Wildman–Crippen MR) is 113 cm³/mol. The first-order valence-corrected chi connectivity index (χ1v) is 9.28. The number of allylic oxidation sites excluding steroid dienone is 1. The van der Waals surface area contributed by atoms with Crippen LogP contribution < -0.4 is 19.1 Å². The number of anilines is 1. The number of ether oxygens (including phenoxy) is 4. The van der Waals surface area contributed by atoms with Crippen molar-refractivity contribution in [3.8, 4) is 17.2 Å². The average Bonchev–Trinajstić information content (AvgIpc) is 3.02. The molecule has 1 aliphatic heterocycles. The van der Waals surface area contributed by atoms with Crippen LogP contribution in [0, 0.1) is 5.82 Å². The zero-order chi connectivity index (χ0) is 22.7. The van der Waals surface area contributed by atoms with Crippen LogP contribution >= 0.6 is 0 Å². The Morgan fingerprint density at radius 3 is 2.13 bits per heavy atom. The number of hydrogen-bond acceptors (Lipinski definition) is 6. The molecule has 31 heavy (non-hydrogen) atoms. The summed E-state index contributed by atoms with van der Waals surface area (Å²) in [5.41, 5.74) is 1.51. The van der Waals surface area contributed by atoms with E-state index >= 15 is 0 Å². The number of rotatable bonds is 6. The molecule has 7 nitrogen and oxygen atoms in total.